The molecule has 0 aliphatic carbocycles. The van der Waals surface area contributed by atoms with E-state index in [1.165, 1.54) is 19.4 Å². The molecule has 1 saturated heterocycles. The molecule has 23 nitrogen and oxygen atoms in total. The molecule has 83 heavy (non-hydrogen) atoms. The molecule has 1 aliphatic rings. The summed E-state index contributed by atoms with van der Waals surface area (Å²) in [4.78, 5) is 153. The first kappa shape index (κ1) is 66.7. The van der Waals surface area contributed by atoms with Gasteiger partial charge in [0.05, 0.1) is 12.4 Å². The molecule has 3 heterocycles. The highest BCUT2D eigenvalue weighted by atomic mass is 16.2. The number of nitrogens with two attached hydrogens (primary N) is 3. The van der Waals surface area contributed by atoms with Gasteiger partial charge in [0, 0.05) is 112 Å². The molecular formula is C60H83N13O10. The quantitative estimate of drug-likeness (QED) is 0.0221. The van der Waals surface area contributed by atoms with Crippen LogP contribution in [-0.4, -0.2) is 123 Å². The zero-order chi connectivity index (χ0) is 60.7. The summed E-state index contributed by atoms with van der Waals surface area (Å²) >= 11 is 0. The van der Waals surface area contributed by atoms with Crippen molar-refractivity contribution in [2.75, 3.05) is 19.6 Å². The number of allylic oxidation sites excluding steroid dienone is 2. The molecule has 14 N–H and O–H groups in total. The van der Waals surface area contributed by atoms with Crippen LogP contribution in [0.5, 0.6) is 0 Å². The van der Waals surface area contributed by atoms with Gasteiger partial charge < -0.3 is 59.1 Å². The Morgan fingerprint density at radius 2 is 1.51 bits per heavy atom. The van der Waals surface area contributed by atoms with Crippen LogP contribution in [0.4, 0.5) is 0 Å². The van der Waals surface area contributed by atoms with Gasteiger partial charge in [-0.1, -0.05) is 80.4 Å². The predicted octanol–water partition coefficient (Wildman–Crippen LogP) is 2.89. The Labute approximate surface area is 484 Å². The van der Waals surface area contributed by atoms with Crippen LogP contribution in [0.15, 0.2) is 104 Å². The summed E-state index contributed by atoms with van der Waals surface area (Å²) in [6.45, 7) is 9.81. The number of nitrogens with zero attached hydrogens (tertiary/aromatic N) is 2. The molecule has 0 radical (unpaired) electrons. The van der Waals surface area contributed by atoms with Crippen LogP contribution in [0.1, 0.15) is 114 Å². The third-order valence-electron chi connectivity index (χ3n) is 14.0. The Bertz CT molecular complexity index is 2840. The van der Waals surface area contributed by atoms with E-state index in [0.29, 0.717) is 24.1 Å². The zero-order valence-corrected chi connectivity index (χ0v) is 47.7. The Hall–Kier alpha value is -8.76. The van der Waals surface area contributed by atoms with Gasteiger partial charge in [0.15, 0.2) is 11.7 Å². The molecule has 7 amide bonds. The van der Waals surface area contributed by atoms with Gasteiger partial charge >= 0.3 is 0 Å². The lowest BCUT2D eigenvalue weighted by Crippen LogP contribution is -2.58. The zero-order valence-electron chi connectivity index (χ0n) is 47.7. The molecule has 0 bridgehead atoms. The second kappa shape index (κ2) is 35.9. The summed E-state index contributed by atoms with van der Waals surface area (Å²) in [5, 5.41) is 17.0. The first-order valence-corrected chi connectivity index (χ1v) is 28.2. The molecule has 5 rings (SSSR count). The molecule has 0 spiro atoms. The Balaban J connectivity index is 0.00000233. The first-order valence-electron chi connectivity index (χ1n) is 28.2. The largest absolute Gasteiger partial charge is 0.370 e. The van der Waals surface area contributed by atoms with E-state index in [1.54, 1.807) is 36.5 Å². The van der Waals surface area contributed by atoms with Crippen LogP contribution in [0.2, 0.25) is 0 Å². The van der Waals surface area contributed by atoms with Gasteiger partial charge in [0.1, 0.15) is 29.7 Å². The van der Waals surface area contributed by atoms with E-state index in [-0.39, 0.29) is 89.8 Å². The van der Waals surface area contributed by atoms with Crippen molar-refractivity contribution >= 4 is 75.6 Å². The van der Waals surface area contributed by atoms with Crippen molar-refractivity contribution in [1.82, 2.24) is 46.9 Å². The average molecular weight is 1150 g/mol. The van der Waals surface area contributed by atoms with Crippen molar-refractivity contribution in [3.63, 3.8) is 0 Å². The number of aromatic nitrogens is 3. The lowest BCUT2D eigenvalue weighted by atomic mass is 9.82. The molecule has 4 aromatic rings. The maximum atomic E-state index is 14.8. The van der Waals surface area contributed by atoms with Gasteiger partial charge in [-0.2, -0.15) is 0 Å². The molecular weight excluding hydrogens is 1060 g/mol. The lowest BCUT2D eigenvalue weighted by molar-refractivity contribution is -0.135. The number of para-hydroxylation sites is 1. The fourth-order valence-electron chi connectivity index (χ4n) is 9.43. The number of rotatable bonds is 23. The fourth-order valence-corrected chi connectivity index (χ4v) is 9.43. The summed E-state index contributed by atoms with van der Waals surface area (Å²) < 4.78 is 0. The molecule has 7 atom stereocenters. The van der Waals surface area contributed by atoms with Crippen LogP contribution >= 0.6 is 0 Å². The average Bonchev–Trinajstić information content (AvgIpc) is 4.30. The molecule has 0 unspecified atom stereocenters. The number of carbonyl (C=O) groups is 10. The number of ketones is 3. The number of nitrogens with one attached hydrogen (secondary N) is 8. The van der Waals surface area contributed by atoms with Crippen LogP contribution in [0.25, 0.3) is 10.9 Å². The van der Waals surface area contributed by atoms with Crippen molar-refractivity contribution < 1.29 is 47.9 Å². The van der Waals surface area contributed by atoms with Crippen LogP contribution in [0.3, 0.4) is 0 Å². The minimum Gasteiger partial charge on any atom is -0.370 e. The second-order valence-corrected chi connectivity index (χ2v) is 20.7. The van der Waals surface area contributed by atoms with E-state index in [0.717, 1.165) is 29.3 Å². The van der Waals surface area contributed by atoms with E-state index in [1.807, 2.05) is 43.3 Å². The number of amides is 7. The summed E-state index contributed by atoms with van der Waals surface area (Å²) in [6, 6.07) is 11.2. The Morgan fingerprint density at radius 1 is 0.819 bits per heavy atom. The fraction of sp³-hybridized carbons (Fsp3) is 0.467. The highest BCUT2D eigenvalue weighted by Crippen LogP contribution is 2.26. The van der Waals surface area contributed by atoms with Gasteiger partial charge in [-0.15, -0.1) is 13.2 Å². The number of imidazole rings is 1. The van der Waals surface area contributed by atoms with Crippen molar-refractivity contribution in [2.45, 2.75) is 141 Å². The minimum absolute atomic E-state index is 0.0379. The van der Waals surface area contributed by atoms with E-state index in [9.17, 15) is 47.9 Å². The number of unbranched alkanes of at least 4 members (excludes halogenated alkanes) is 2. The van der Waals surface area contributed by atoms with Crippen molar-refractivity contribution in [3.8, 4) is 0 Å². The minimum atomic E-state index is -1.39. The van der Waals surface area contributed by atoms with Gasteiger partial charge in [-0.3, -0.25) is 52.9 Å². The third kappa shape index (κ3) is 24.1. The van der Waals surface area contributed by atoms with Gasteiger partial charge in [-0.05, 0) is 68.6 Å². The van der Waals surface area contributed by atoms with Crippen LogP contribution < -0.4 is 49.1 Å². The smallest absolute Gasteiger partial charge is 0.243 e. The Kier molecular flexibility index (Phi) is 28.8. The monoisotopic (exact) mass is 1150 g/mol. The van der Waals surface area contributed by atoms with Gasteiger partial charge in [-0.25, -0.2) is 4.98 Å². The molecule has 0 saturated carbocycles. The first-order chi connectivity index (χ1) is 39.8. The molecule has 1 fully saturated rings. The lowest BCUT2D eigenvalue weighted by Gasteiger charge is -2.27. The maximum Gasteiger partial charge on any atom is 0.243 e. The van der Waals surface area contributed by atoms with Gasteiger partial charge in [0.2, 0.25) is 41.4 Å². The SMILES string of the molecule is C=CCCC=C.CCCC[C@H](NC(C)=O)C(=O)N[C@H]1CCNC(=O)CCC(=O)NC[C@@H](C(=O)C[C@@H](Cc2c[nH]c3ccccc23)C(N)=O)CC(=O)[C@H](CCCN=C(N)N)CC(=O)[C@@H](Cc2ccccc2)NC(=O)[C@H](Cc2cnc[nH]2)NC1=O. The number of carbonyl (C=O) groups excluding carboxylic acids is 10. The highest BCUT2D eigenvalue weighted by molar-refractivity contribution is 5.98. The number of aromatic amines is 2. The highest BCUT2D eigenvalue weighted by Gasteiger charge is 2.35. The van der Waals surface area contributed by atoms with Crippen LogP contribution in [0, 0.1) is 17.8 Å². The van der Waals surface area contributed by atoms with E-state index in [2.05, 4.69) is 65.0 Å². The summed E-state index contributed by atoms with van der Waals surface area (Å²) in [5.74, 6) is -9.85. The Morgan fingerprint density at radius 3 is 2.16 bits per heavy atom. The number of guanidine groups is 1. The van der Waals surface area contributed by atoms with E-state index >= 15 is 0 Å². The number of fused-ring (bicyclic) bond motifs is 1. The number of benzene rings is 2. The molecule has 2 aromatic heterocycles. The number of H-pyrrole nitrogens is 2. The molecule has 2 aromatic carbocycles. The molecule has 1 aliphatic heterocycles. The molecule has 448 valence electrons. The standard InChI is InChI=1S/C54H73N13O10.C6H10/c1-3-4-15-41(64-32(2)68)51(75)65-42-19-21-59-48(72)17-18-49(73)62-29-37(46(70)25-35(50(55)74)23-36-28-61-40-16-9-8-14-39(36)40)26-45(69)34(13-10-20-60-54(56)57)24-47(71)43(22-33-11-6-5-7-12-33)66-53(77)44(67-52(42)76)27-38-30-58-31-63-38;1-3-5-6-4-2/h5-9,11-12,14,16,28,30-31,34-35,37,41-44,61H,3-4,10,13,15,17-27,29H2,1-2H3,(H2,55,74)(H,58,63)(H,59,72)(H,62,73)(H,64,68)(H,65,75)(H,66,77)(H,67,76)(H4,56,57,60);3-4H,1-2,5-6H2/t34-,35-,37+,41+,42+,43-,44+;/m1./s1. The van der Waals surface area contributed by atoms with Gasteiger partial charge in [0.25, 0.3) is 0 Å². The number of aliphatic imine (C=N–C) groups is 1. The number of hydrogen-bond donors (Lipinski definition) is 11. The van der Waals surface area contributed by atoms with Crippen molar-refractivity contribution in [3.05, 3.63) is 115 Å². The summed E-state index contributed by atoms with van der Waals surface area (Å²) in [5.41, 5.74) is 19.7. The van der Waals surface area contributed by atoms with E-state index in [4.69, 9.17) is 17.2 Å². The maximum absolute atomic E-state index is 14.8. The summed E-state index contributed by atoms with van der Waals surface area (Å²) in [6.07, 6.45) is 10.0. The molecule has 23 heteroatoms. The van der Waals surface area contributed by atoms with Crippen molar-refractivity contribution in [2.24, 2.45) is 39.9 Å². The predicted molar refractivity (Wildman–Crippen MR) is 315 cm³/mol. The number of Topliss-reactive ketones (excluding diaryl/α,β-unsaturated/α-hetero) is 3. The third-order valence-corrected chi connectivity index (χ3v) is 14.0. The van der Waals surface area contributed by atoms with E-state index < -0.39 is 113 Å². The van der Waals surface area contributed by atoms with Crippen molar-refractivity contribution in [1.29, 1.82) is 0 Å². The number of hydrogen-bond acceptors (Lipinski definition) is 12. The number of primary amides is 1. The summed E-state index contributed by atoms with van der Waals surface area (Å²) in [7, 11) is 0. The normalized spacial score (nSPS) is 19.5. The van der Waals surface area contributed by atoms with Crippen LogP contribution in [-0.2, 0) is 67.2 Å². The topological polar surface area (TPSA) is 378 Å². The second-order valence-electron chi connectivity index (χ2n) is 20.7.